The van der Waals surface area contributed by atoms with Crippen molar-refractivity contribution in [1.29, 1.82) is 0 Å². The van der Waals surface area contributed by atoms with Gasteiger partial charge < -0.3 is 11.2 Å². The van der Waals surface area contributed by atoms with Gasteiger partial charge in [0, 0.05) is 6.20 Å². The van der Waals surface area contributed by atoms with Gasteiger partial charge in [-0.05, 0) is 58.3 Å². The summed E-state index contributed by atoms with van der Waals surface area (Å²) < 4.78 is 13.4. The Kier molecular flexibility index (Phi) is 3.39. The van der Waals surface area contributed by atoms with Crippen LogP contribution < -0.4 is 21.6 Å². The quantitative estimate of drug-likeness (QED) is 0.499. The zero-order valence-electron chi connectivity index (χ0n) is 11.5. The van der Waals surface area contributed by atoms with Crippen LogP contribution in [0, 0.1) is 12.7 Å². The average Bonchev–Trinajstić information content (AvgIpc) is 2.49. The number of aryl methyl sites for hydroxylation is 1. The van der Waals surface area contributed by atoms with Gasteiger partial charge in [-0.25, -0.2) is 4.39 Å². The van der Waals surface area contributed by atoms with Crippen molar-refractivity contribution in [3.8, 4) is 11.1 Å². The molecule has 0 aliphatic carbocycles. The second-order valence-electron chi connectivity index (χ2n) is 4.96. The first-order valence-electron chi connectivity index (χ1n) is 6.62. The fourth-order valence-electron chi connectivity index (χ4n) is 2.46. The van der Waals surface area contributed by atoms with Gasteiger partial charge in [0.1, 0.15) is 5.82 Å². The van der Waals surface area contributed by atoms with E-state index >= 15 is 0 Å². The van der Waals surface area contributed by atoms with Crippen LogP contribution >= 0.6 is 0 Å². The molecule has 1 heterocycles. The summed E-state index contributed by atoms with van der Waals surface area (Å²) >= 11 is 0. The third kappa shape index (κ3) is 2.63. The van der Waals surface area contributed by atoms with E-state index in [1.54, 1.807) is 12.1 Å². The van der Waals surface area contributed by atoms with Gasteiger partial charge in [-0.15, -0.1) is 5.11 Å². The van der Waals surface area contributed by atoms with Crippen LogP contribution in [0.3, 0.4) is 0 Å². The number of nitrogens with zero attached hydrogens (tertiary/aromatic N) is 2. The summed E-state index contributed by atoms with van der Waals surface area (Å²) in [4.78, 5) is 0. The molecule has 106 valence electrons. The molecular formula is C16H15FN4. The van der Waals surface area contributed by atoms with Crippen molar-refractivity contribution in [3.05, 3.63) is 58.2 Å². The van der Waals surface area contributed by atoms with E-state index in [-0.39, 0.29) is 12.0 Å². The molecule has 0 aromatic heterocycles. The normalized spacial score (nSPS) is 16.8. The van der Waals surface area contributed by atoms with Crippen molar-refractivity contribution in [2.24, 2.45) is 16.2 Å². The molecule has 2 aromatic carbocycles. The number of hydrogen-bond acceptors (Lipinski definition) is 3. The lowest BCUT2D eigenvalue weighted by atomic mass is 9.99. The highest BCUT2D eigenvalue weighted by molar-refractivity contribution is 5.68. The lowest BCUT2D eigenvalue weighted by Gasteiger charge is -2.12. The first kappa shape index (κ1) is 13.3. The SMILES string of the molecule is Cc1ccc(F)cc1-c1ccc2c(c1)=CNC(N=NN)C=2. The molecule has 0 amide bonds. The minimum absolute atomic E-state index is 0.231. The Balaban J connectivity index is 2.10. The van der Waals surface area contributed by atoms with Gasteiger partial charge in [-0.2, -0.15) is 0 Å². The van der Waals surface area contributed by atoms with Crippen molar-refractivity contribution in [1.82, 2.24) is 5.32 Å². The number of halogens is 1. The molecule has 0 bridgehead atoms. The molecule has 1 unspecified atom stereocenters. The number of rotatable bonds is 2. The van der Waals surface area contributed by atoms with Gasteiger partial charge in [0.15, 0.2) is 6.17 Å². The van der Waals surface area contributed by atoms with Gasteiger partial charge >= 0.3 is 0 Å². The third-order valence-electron chi connectivity index (χ3n) is 3.54. The Morgan fingerprint density at radius 2 is 2.00 bits per heavy atom. The van der Waals surface area contributed by atoms with E-state index in [2.05, 4.69) is 15.7 Å². The minimum Gasteiger partial charge on any atom is -0.365 e. The summed E-state index contributed by atoms with van der Waals surface area (Å²) in [6, 6.07) is 10.8. The predicted octanol–water partition coefficient (Wildman–Crippen LogP) is 1.57. The highest BCUT2D eigenvalue weighted by atomic mass is 19.1. The van der Waals surface area contributed by atoms with Gasteiger partial charge in [0.25, 0.3) is 0 Å². The van der Waals surface area contributed by atoms with Crippen LogP contribution in [0.2, 0.25) is 0 Å². The van der Waals surface area contributed by atoms with Crippen LogP contribution in [0.25, 0.3) is 23.4 Å². The van der Waals surface area contributed by atoms with E-state index in [1.807, 2.05) is 37.4 Å². The van der Waals surface area contributed by atoms with Gasteiger partial charge in [0.2, 0.25) is 0 Å². The molecule has 1 aliphatic heterocycles. The molecule has 0 fully saturated rings. The number of benzene rings is 2. The maximum absolute atomic E-state index is 13.4. The van der Waals surface area contributed by atoms with E-state index in [9.17, 15) is 4.39 Å². The van der Waals surface area contributed by atoms with Crippen molar-refractivity contribution >= 4 is 12.3 Å². The molecule has 21 heavy (non-hydrogen) atoms. The van der Waals surface area contributed by atoms with E-state index in [4.69, 9.17) is 5.84 Å². The maximum atomic E-state index is 13.4. The highest BCUT2D eigenvalue weighted by Gasteiger charge is 2.07. The summed E-state index contributed by atoms with van der Waals surface area (Å²) in [5.74, 6) is 4.83. The molecular weight excluding hydrogens is 267 g/mol. The Bertz CT molecular complexity index is 827. The van der Waals surface area contributed by atoms with Gasteiger partial charge in [-0.3, -0.25) is 0 Å². The zero-order chi connectivity index (χ0) is 14.8. The molecule has 0 saturated heterocycles. The Morgan fingerprint density at radius 1 is 1.14 bits per heavy atom. The lowest BCUT2D eigenvalue weighted by molar-refractivity contribution is 0.628. The molecule has 4 nitrogen and oxygen atoms in total. The fourth-order valence-corrected chi connectivity index (χ4v) is 2.46. The van der Waals surface area contributed by atoms with E-state index < -0.39 is 0 Å². The summed E-state index contributed by atoms with van der Waals surface area (Å²) in [5.41, 5.74) is 2.92. The van der Waals surface area contributed by atoms with Crippen LogP contribution in [-0.4, -0.2) is 6.17 Å². The molecule has 3 rings (SSSR count). The van der Waals surface area contributed by atoms with Crippen LogP contribution in [0.1, 0.15) is 5.56 Å². The first-order valence-corrected chi connectivity index (χ1v) is 6.62. The summed E-state index contributed by atoms with van der Waals surface area (Å²) in [5, 5.41) is 12.3. The van der Waals surface area contributed by atoms with E-state index in [0.29, 0.717) is 0 Å². The molecule has 5 heteroatoms. The molecule has 2 aromatic rings. The maximum Gasteiger partial charge on any atom is 0.161 e. The molecule has 1 aliphatic rings. The van der Waals surface area contributed by atoms with E-state index in [1.165, 1.54) is 6.07 Å². The van der Waals surface area contributed by atoms with E-state index in [0.717, 1.165) is 27.1 Å². The van der Waals surface area contributed by atoms with Crippen LogP contribution in [0.15, 0.2) is 46.7 Å². The molecule has 0 spiro atoms. The summed E-state index contributed by atoms with van der Waals surface area (Å²) in [6.07, 6.45) is 3.56. The number of nitrogens with two attached hydrogens (primary N) is 1. The Morgan fingerprint density at radius 3 is 2.81 bits per heavy atom. The summed E-state index contributed by atoms with van der Waals surface area (Å²) in [7, 11) is 0. The fraction of sp³-hybridized carbons (Fsp3) is 0.125. The second kappa shape index (κ2) is 5.36. The molecule has 0 saturated carbocycles. The molecule has 1 atom stereocenters. The number of fused-ring (bicyclic) bond motifs is 1. The largest absolute Gasteiger partial charge is 0.365 e. The summed E-state index contributed by atoms with van der Waals surface area (Å²) in [6.45, 7) is 1.97. The molecule has 3 N–H and O–H groups in total. The monoisotopic (exact) mass is 282 g/mol. The smallest absolute Gasteiger partial charge is 0.161 e. The van der Waals surface area contributed by atoms with Gasteiger partial charge in [-0.1, -0.05) is 23.4 Å². The Hall–Kier alpha value is -2.69. The van der Waals surface area contributed by atoms with Crippen molar-refractivity contribution in [3.63, 3.8) is 0 Å². The van der Waals surface area contributed by atoms with Crippen molar-refractivity contribution < 1.29 is 4.39 Å². The standard InChI is InChI=1S/C16H15FN4/c1-10-2-5-14(17)8-15(10)12-4-3-11-7-16(20-21-18)19-9-13(11)6-12/h2-9,16,19H,1H3,(H2,18,20). The van der Waals surface area contributed by atoms with Crippen LogP contribution in [0.5, 0.6) is 0 Å². The highest BCUT2D eigenvalue weighted by Crippen LogP contribution is 2.22. The topological polar surface area (TPSA) is 62.8 Å². The number of hydrogen-bond donors (Lipinski definition) is 2. The third-order valence-corrected chi connectivity index (χ3v) is 3.54. The van der Waals surface area contributed by atoms with Crippen LogP contribution in [0.4, 0.5) is 4.39 Å². The molecule has 0 radical (unpaired) electrons. The van der Waals surface area contributed by atoms with Crippen molar-refractivity contribution in [2.45, 2.75) is 13.1 Å². The Labute approximate surface area is 121 Å². The second-order valence-corrected chi connectivity index (χ2v) is 4.96. The zero-order valence-corrected chi connectivity index (χ0v) is 11.5. The van der Waals surface area contributed by atoms with Crippen molar-refractivity contribution in [2.75, 3.05) is 0 Å². The predicted molar refractivity (Wildman–Crippen MR) is 80.7 cm³/mol. The van der Waals surface area contributed by atoms with Crippen LogP contribution in [-0.2, 0) is 0 Å². The first-order chi connectivity index (χ1) is 10.2. The van der Waals surface area contributed by atoms with Gasteiger partial charge in [0.05, 0.1) is 0 Å². The minimum atomic E-state index is -0.246. The number of nitrogens with one attached hydrogen (secondary N) is 1. The average molecular weight is 282 g/mol. The lowest BCUT2D eigenvalue weighted by Crippen LogP contribution is -2.37.